The van der Waals surface area contributed by atoms with Gasteiger partial charge in [-0.25, -0.2) is 0 Å². The lowest BCUT2D eigenvalue weighted by molar-refractivity contribution is 0.0944. The third-order valence-corrected chi connectivity index (χ3v) is 4.51. The monoisotopic (exact) mass is 307 g/mol. The van der Waals surface area contributed by atoms with Crippen LogP contribution in [0.4, 0.5) is 0 Å². The first-order valence-corrected chi connectivity index (χ1v) is 8.13. The number of benzene rings is 1. The third-order valence-electron chi connectivity index (χ3n) is 3.18. The van der Waals surface area contributed by atoms with Gasteiger partial charge in [0.15, 0.2) is 0 Å². The minimum absolute atomic E-state index is 0.0153. The number of aryl methyl sites for hydroxylation is 1. The Morgan fingerprint density at radius 1 is 1.30 bits per heavy atom. The molecule has 0 bridgehead atoms. The molecule has 20 heavy (non-hydrogen) atoms. The fourth-order valence-electron chi connectivity index (χ4n) is 2.11. The van der Waals surface area contributed by atoms with E-state index >= 15 is 0 Å². The molecular formula is C16H18ClNOS. The average molecular weight is 308 g/mol. The lowest BCUT2D eigenvalue weighted by Crippen LogP contribution is -2.37. The van der Waals surface area contributed by atoms with Crippen LogP contribution in [0.1, 0.15) is 27.7 Å². The predicted molar refractivity (Wildman–Crippen MR) is 85.8 cm³/mol. The van der Waals surface area contributed by atoms with Gasteiger partial charge in [0, 0.05) is 11.9 Å². The molecule has 2 nitrogen and oxygen atoms in total. The molecule has 1 heterocycles. The Morgan fingerprint density at radius 3 is 2.70 bits per heavy atom. The molecule has 1 aromatic heterocycles. The summed E-state index contributed by atoms with van der Waals surface area (Å²) >= 11 is 7.47. The van der Waals surface area contributed by atoms with Crippen molar-refractivity contribution in [2.75, 3.05) is 5.88 Å². The van der Waals surface area contributed by atoms with Crippen molar-refractivity contribution >= 4 is 28.8 Å². The number of amides is 1. The largest absolute Gasteiger partial charge is 0.347 e. The van der Waals surface area contributed by atoms with Gasteiger partial charge in [0.25, 0.3) is 5.91 Å². The number of halogens is 1. The Labute approximate surface area is 128 Å². The SMILES string of the molecule is CCc1ccsc1C(=O)NC(CCl)Cc1ccccc1. The molecule has 1 unspecified atom stereocenters. The second-order valence-electron chi connectivity index (χ2n) is 4.64. The van der Waals surface area contributed by atoms with Gasteiger partial charge >= 0.3 is 0 Å². The van der Waals surface area contributed by atoms with Crippen LogP contribution < -0.4 is 5.32 Å². The first-order chi connectivity index (χ1) is 9.74. The predicted octanol–water partition coefficient (Wildman–Crippen LogP) is 3.89. The van der Waals surface area contributed by atoms with Crippen LogP contribution in [-0.2, 0) is 12.8 Å². The molecule has 2 aromatic rings. The third kappa shape index (κ3) is 3.84. The van der Waals surface area contributed by atoms with Crippen molar-refractivity contribution in [2.45, 2.75) is 25.8 Å². The highest BCUT2D eigenvalue weighted by molar-refractivity contribution is 7.12. The van der Waals surface area contributed by atoms with Crippen LogP contribution >= 0.6 is 22.9 Å². The molecule has 0 radical (unpaired) electrons. The van der Waals surface area contributed by atoms with Crippen molar-refractivity contribution in [3.05, 3.63) is 57.8 Å². The highest BCUT2D eigenvalue weighted by atomic mass is 35.5. The van der Waals surface area contributed by atoms with E-state index in [1.807, 2.05) is 41.8 Å². The van der Waals surface area contributed by atoms with E-state index in [-0.39, 0.29) is 11.9 Å². The van der Waals surface area contributed by atoms with Gasteiger partial charge < -0.3 is 5.32 Å². The molecule has 0 fully saturated rings. The topological polar surface area (TPSA) is 29.1 Å². The van der Waals surface area contributed by atoms with Crippen LogP contribution in [-0.4, -0.2) is 17.8 Å². The zero-order valence-corrected chi connectivity index (χ0v) is 13.0. The van der Waals surface area contributed by atoms with Crippen molar-refractivity contribution in [1.82, 2.24) is 5.32 Å². The van der Waals surface area contributed by atoms with Gasteiger partial charge in [0.1, 0.15) is 0 Å². The van der Waals surface area contributed by atoms with E-state index < -0.39 is 0 Å². The Morgan fingerprint density at radius 2 is 2.05 bits per heavy atom. The molecule has 0 aliphatic rings. The summed E-state index contributed by atoms with van der Waals surface area (Å²) in [5.74, 6) is 0.395. The van der Waals surface area contributed by atoms with E-state index in [0.29, 0.717) is 5.88 Å². The number of nitrogens with one attached hydrogen (secondary N) is 1. The molecule has 4 heteroatoms. The van der Waals surface area contributed by atoms with Crippen molar-refractivity contribution in [3.63, 3.8) is 0 Å². The molecule has 106 valence electrons. The molecule has 1 aromatic carbocycles. The van der Waals surface area contributed by atoms with Crippen molar-refractivity contribution in [1.29, 1.82) is 0 Å². The van der Waals surface area contributed by atoms with Crippen LogP contribution in [0.15, 0.2) is 41.8 Å². The summed E-state index contributed by atoms with van der Waals surface area (Å²) in [5, 5.41) is 4.99. The smallest absolute Gasteiger partial charge is 0.261 e. The van der Waals surface area contributed by atoms with E-state index in [1.54, 1.807) is 0 Å². The summed E-state index contributed by atoms with van der Waals surface area (Å²) in [5.41, 5.74) is 2.28. The number of hydrogen-bond donors (Lipinski definition) is 1. The fraction of sp³-hybridized carbons (Fsp3) is 0.312. The Hall–Kier alpha value is -1.32. The maximum atomic E-state index is 12.3. The van der Waals surface area contributed by atoms with Crippen LogP contribution in [0.2, 0.25) is 0 Å². The standard InChI is InChI=1S/C16H18ClNOS/c1-2-13-8-9-20-15(13)16(19)18-14(11-17)10-12-6-4-3-5-7-12/h3-9,14H,2,10-11H2,1H3,(H,18,19). The summed E-state index contributed by atoms with van der Waals surface area (Å²) in [6.45, 7) is 2.06. The number of hydrogen-bond acceptors (Lipinski definition) is 2. The molecule has 0 aliphatic heterocycles. The number of rotatable bonds is 6. The van der Waals surface area contributed by atoms with Crippen LogP contribution in [0.25, 0.3) is 0 Å². The van der Waals surface area contributed by atoms with Crippen LogP contribution in [0, 0.1) is 0 Å². The first kappa shape index (κ1) is 15.1. The van der Waals surface area contributed by atoms with Gasteiger partial charge in [-0.05, 0) is 35.4 Å². The minimum Gasteiger partial charge on any atom is -0.347 e. The molecule has 1 amide bonds. The highest BCUT2D eigenvalue weighted by Crippen LogP contribution is 2.17. The second-order valence-corrected chi connectivity index (χ2v) is 5.87. The van der Waals surface area contributed by atoms with Gasteiger partial charge in [0.05, 0.1) is 4.88 Å². The lowest BCUT2D eigenvalue weighted by atomic mass is 10.1. The molecular weight excluding hydrogens is 290 g/mol. The molecule has 0 spiro atoms. The summed E-state index contributed by atoms with van der Waals surface area (Å²) in [7, 11) is 0. The summed E-state index contributed by atoms with van der Waals surface area (Å²) < 4.78 is 0. The minimum atomic E-state index is -0.0432. The number of carbonyl (C=O) groups excluding carboxylic acids is 1. The quantitative estimate of drug-likeness (QED) is 0.806. The van der Waals surface area contributed by atoms with Crippen molar-refractivity contribution < 1.29 is 4.79 Å². The van der Waals surface area contributed by atoms with Gasteiger partial charge in [-0.15, -0.1) is 22.9 Å². The van der Waals surface area contributed by atoms with E-state index in [9.17, 15) is 4.79 Å². The normalized spacial score (nSPS) is 12.1. The number of carbonyl (C=O) groups is 1. The Kier molecular flexibility index (Phi) is 5.62. The van der Waals surface area contributed by atoms with E-state index in [1.165, 1.54) is 16.9 Å². The van der Waals surface area contributed by atoms with Crippen LogP contribution in [0.5, 0.6) is 0 Å². The molecule has 1 atom stereocenters. The van der Waals surface area contributed by atoms with Gasteiger partial charge in [-0.1, -0.05) is 37.3 Å². The maximum absolute atomic E-state index is 12.3. The zero-order chi connectivity index (χ0) is 14.4. The fourth-order valence-corrected chi connectivity index (χ4v) is 3.19. The molecule has 0 aliphatic carbocycles. The lowest BCUT2D eigenvalue weighted by Gasteiger charge is -2.16. The highest BCUT2D eigenvalue weighted by Gasteiger charge is 2.16. The summed E-state index contributed by atoms with van der Waals surface area (Å²) in [4.78, 5) is 13.1. The van der Waals surface area contributed by atoms with Gasteiger partial charge in [0.2, 0.25) is 0 Å². The molecule has 0 saturated carbocycles. The Balaban J connectivity index is 2.01. The molecule has 2 rings (SSSR count). The van der Waals surface area contributed by atoms with Crippen LogP contribution in [0.3, 0.4) is 0 Å². The molecule has 1 N–H and O–H groups in total. The number of thiophene rings is 1. The summed E-state index contributed by atoms with van der Waals surface area (Å²) in [6.07, 6.45) is 1.62. The zero-order valence-electron chi connectivity index (χ0n) is 11.4. The van der Waals surface area contributed by atoms with Gasteiger partial charge in [-0.2, -0.15) is 0 Å². The average Bonchev–Trinajstić information content (AvgIpc) is 2.96. The first-order valence-electron chi connectivity index (χ1n) is 6.71. The van der Waals surface area contributed by atoms with E-state index in [2.05, 4.69) is 12.2 Å². The van der Waals surface area contributed by atoms with Gasteiger partial charge in [-0.3, -0.25) is 4.79 Å². The molecule has 0 saturated heterocycles. The second kappa shape index (κ2) is 7.46. The Bertz CT molecular complexity index is 553. The number of alkyl halides is 1. The maximum Gasteiger partial charge on any atom is 0.261 e. The van der Waals surface area contributed by atoms with E-state index in [0.717, 1.165) is 23.3 Å². The summed E-state index contributed by atoms with van der Waals surface area (Å²) in [6, 6.07) is 12.0. The van der Waals surface area contributed by atoms with E-state index in [4.69, 9.17) is 11.6 Å². The van der Waals surface area contributed by atoms with Crippen molar-refractivity contribution in [3.8, 4) is 0 Å². The van der Waals surface area contributed by atoms with Crippen molar-refractivity contribution in [2.24, 2.45) is 0 Å².